The fourth-order valence-corrected chi connectivity index (χ4v) is 4.33. The van der Waals surface area contributed by atoms with E-state index in [2.05, 4.69) is 19.2 Å². The van der Waals surface area contributed by atoms with Crippen LogP contribution in [0, 0.1) is 17.8 Å². The van der Waals surface area contributed by atoms with Gasteiger partial charge in [0.15, 0.2) is 0 Å². The Morgan fingerprint density at radius 2 is 1.73 bits per heavy atom. The highest BCUT2D eigenvalue weighted by Gasteiger charge is 2.40. The van der Waals surface area contributed by atoms with E-state index in [1.165, 1.54) is 0 Å². The van der Waals surface area contributed by atoms with E-state index in [0.717, 1.165) is 6.42 Å². The van der Waals surface area contributed by atoms with Crippen molar-refractivity contribution in [3.8, 4) is 0 Å². The van der Waals surface area contributed by atoms with Gasteiger partial charge in [0.25, 0.3) is 5.91 Å². The number of carbonyl (C=O) groups is 3. The third-order valence-electron chi connectivity index (χ3n) is 5.53. The second kappa shape index (κ2) is 8.65. The van der Waals surface area contributed by atoms with E-state index in [9.17, 15) is 27.6 Å². The number of amides is 3. The zero-order valence-electron chi connectivity index (χ0n) is 17.0. The summed E-state index contributed by atoms with van der Waals surface area (Å²) in [6, 6.07) is 6.58. The van der Waals surface area contributed by atoms with E-state index in [4.69, 9.17) is 0 Å². The number of anilines is 1. The Morgan fingerprint density at radius 1 is 1.10 bits per heavy atom. The van der Waals surface area contributed by atoms with Crippen molar-refractivity contribution in [1.29, 1.82) is 0 Å². The van der Waals surface area contributed by atoms with E-state index in [1.54, 1.807) is 29.2 Å². The van der Waals surface area contributed by atoms with Crippen molar-refractivity contribution in [3.05, 3.63) is 29.8 Å². The first-order valence-electron chi connectivity index (χ1n) is 10.1. The van der Waals surface area contributed by atoms with Gasteiger partial charge in [-0.15, -0.1) is 0 Å². The smallest absolute Gasteiger partial charge is 0.338 e. The van der Waals surface area contributed by atoms with Crippen LogP contribution in [0.3, 0.4) is 0 Å². The Morgan fingerprint density at radius 3 is 2.37 bits per heavy atom. The Labute approximate surface area is 173 Å². The second-order valence-electron chi connectivity index (χ2n) is 8.48. The molecule has 6 nitrogen and oxygen atoms in total. The van der Waals surface area contributed by atoms with Crippen molar-refractivity contribution >= 4 is 23.4 Å². The first-order chi connectivity index (χ1) is 14.0. The molecule has 30 heavy (non-hydrogen) atoms. The minimum absolute atomic E-state index is 0.189. The molecule has 3 unspecified atom stereocenters. The number of halogens is 3. The second-order valence-corrected chi connectivity index (χ2v) is 8.48. The number of hydrogen-bond acceptors (Lipinski definition) is 3. The average Bonchev–Trinajstić information content (AvgIpc) is 3.00. The molecule has 0 radical (unpaired) electrons. The number of carbonyl (C=O) groups excluding carboxylic acids is 3. The largest absolute Gasteiger partial charge is 0.406 e. The van der Waals surface area contributed by atoms with Crippen molar-refractivity contribution in [1.82, 2.24) is 9.80 Å². The molecule has 1 aromatic carbocycles. The molecule has 2 saturated heterocycles. The molecule has 164 valence electrons. The van der Waals surface area contributed by atoms with Gasteiger partial charge >= 0.3 is 6.18 Å². The molecule has 3 atom stereocenters. The lowest BCUT2D eigenvalue weighted by atomic mass is 9.91. The Bertz CT molecular complexity index is 817. The highest BCUT2D eigenvalue weighted by molar-refractivity contribution is 6.05. The van der Waals surface area contributed by atoms with Crippen molar-refractivity contribution in [2.75, 3.05) is 31.5 Å². The van der Waals surface area contributed by atoms with Crippen LogP contribution in [0.5, 0.6) is 0 Å². The first-order valence-corrected chi connectivity index (χ1v) is 10.1. The predicted octanol–water partition coefficient (Wildman–Crippen LogP) is 3.15. The topological polar surface area (TPSA) is 69.7 Å². The summed E-state index contributed by atoms with van der Waals surface area (Å²) in [6.07, 6.45) is -3.74. The summed E-state index contributed by atoms with van der Waals surface area (Å²) in [4.78, 5) is 40.0. The third-order valence-corrected chi connectivity index (χ3v) is 5.53. The highest BCUT2D eigenvalue weighted by Crippen LogP contribution is 2.27. The van der Waals surface area contributed by atoms with Gasteiger partial charge in [-0.25, -0.2) is 0 Å². The van der Waals surface area contributed by atoms with Gasteiger partial charge in [0, 0.05) is 26.1 Å². The predicted molar refractivity (Wildman–Crippen MR) is 105 cm³/mol. The van der Waals surface area contributed by atoms with Gasteiger partial charge in [0.1, 0.15) is 6.54 Å². The fourth-order valence-electron chi connectivity index (χ4n) is 4.33. The zero-order chi connectivity index (χ0) is 22.1. The standard InChI is InChI=1S/C21H26F3N3O3/c1-13-7-14(2)10-26(9-13)20(30)16-5-3-4-6-17(16)25-19(29)15-8-18(28)27(11-15)12-21(22,23)24/h3-6,13-15H,7-12H2,1-2H3,(H,25,29). The molecule has 9 heteroatoms. The van der Waals surface area contributed by atoms with Gasteiger partial charge in [-0.05, 0) is 30.4 Å². The van der Waals surface area contributed by atoms with E-state index < -0.39 is 30.5 Å². The number of hydrogen-bond donors (Lipinski definition) is 1. The van der Waals surface area contributed by atoms with Crippen molar-refractivity contribution in [3.63, 3.8) is 0 Å². The van der Waals surface area contributed by atoms with Gasteiger partial charge in [0.05, 0.1) is 17.2 Å². The molecule has 1 N–H and O–H groups in total. The minimum Gasteiger partial charge on any atom is -0.338 e. The van der Waals surface area contributed by atoms with Crippen molar-refractivity contribution in [2.45, 2.75) is 32.9 Å². The normalized spacial score (nSPS) is 24.8. The number of nitrogens with zero attached hydrogens (tertiary/aromatic N) is 2. The Balaban J connectivity index is 1.70. The molecule has 3 amide bonds. The van der Waals surface area contributed by atoms with Crippen LogP contribution in [-0.2, 0) is 9.59 Å². The molecule has 2 aliphatic heterocycles. The van der Waals surface area contributed by atoms with Gasteiger partial charge in [0.2, 0.25) is 11.8 Å². The van der Waals surface area contributed by atoms with Gasteiger partial charge in [-0.2, -0.15) is 13.2 Å². The van der Waals surface area contributed by atoms with E-state index in [-0.39, 0.29) is 18.9 Å². The SMILES string of the molecule is CC1CC(C)CN(C(=O)c2ccccc2NC(=O)C2CC(=O)N(CC(F)(F)F)C2)C1. The van der Waals surface area contributed by atoms with Gasteiger partial charge < -0.3 is 15.1 Å². The van der Waals surface area contributed by atoms with Crippen molar-refractivity contribution in [2.24, 2.45) is 17.8 Å². The monoisotopic (exact) mass is 425 g/mol. The summed E-state index contributed by atoms with van der Waals surface area (Å²) in [5.41, 5.74) is 0.642. The lowest BCUT2D eigenvalue weighted by Crippen LogP contribution is -2.42. The van der Waals surface area contributed by atoms with Crippen LogP contribution in [0.25, 0.3) is 0 Å². The summed E-state index contributed by atoms with van der Waals surface area (Å²) in [5.74, 6) is -1.59. The first kappa shape index (κ1) is 22.1. The molecule has 1 aromatic rings. The van der Waals surface area contributed by atoms with E-state index in [1.807, 2.05) is 0 Å². The minimum atomic E-state index is -4.51. The fraction of sp³-hybridized carbons (Fsp3) is 0.571. The van der Waals surface area contributed by atoms with Crippen LogP contribution >= 0.6 is 0 Å². The molecule has 0 saturated carbocycles. The molecular weight excluding hydrogens is 399 g/mol. The number of rotatable bonds is 4. The summed E-state index contributed by atoms with van der Waals surface area (Å²) < 4.78 is 37.8. The van der Waals surface area contributed by atoms with E-state index in [0.29, 0.717) is 41.1 Å². The molecule has 0 aromatic heterocycles. The number of benzene rings is 1. The maximum absolute atomic E-state index is 13.1. The Hall–Kier alpha value is -2.58. The summed E-state index contributed by atoms with van der Waals surface area (Å²) in [7, 11) is 0. The molecule has 0 aliphatic carbocycles. The molecule has 2 fully saturated rings. The van der Waals surface area contributed by atoms with Crippen LogP contribution in [0.15, 0.2) is 24.3 Å². The molecule has 0 bridgehead atoms. The molecule has 2 aliphatic rings. The quantitative estimate of drug-likeness (QED) is 0.806. The third kappa shape index (κ3) is 5.31. The molecule has 3 rings (SSSR count). The lowest BCUT2D eigenvalue weighted by Gasteiger charge is -2.35. The van der Waals surface area contributed by atoms with Crippen LogP contribution in [-0.4, -0.2) is 59.9 Å². The van der Waals surface area contributed by atoms with Crippen LogP contribution in [0.1, 0.15) is 37.0 Å². The number of piperidine rings is 1. The van der Waals surface area contributed by atoms with Crippen LogP contribution < -0.4 is 5.32 Å². The number of alkyl halides is 3. The molecule has 0 spiro atoms. The highest BCUT2D eigenvalue weighted by atomic mass is 19.4. The van der Waals surface area contributed by atoms with Crippen LogP contribution in [0.4, 0.5) is 18.9 Å². The number of nitrogens with one attached hydrogen (secondary N) is 1. The molecule has 2 heterocycles. The molecular formula is C21H26F3N3O3. The zero-order valence-corrected chi connectivity index (χ0v) is 17.0. The van der Waals surface area contributed by atoms with E-state index >= 15 is 0 Å². The summed E-state index contributed by atoms with van der Waals surface area (Å²) in [6.45, 7) is 3.79. The average molecular weight is 425 g/mol. The Kier molecular flexibility index (Phi) is 6.38. The lowest BCUT2D eigenvalue weighted by molar-refractivity contribution is -0.157. The number of para-hydroxylation sites is 1. The van der Waals surface area contributed by atoms with Gasteiger partial charge in [-0.1, -0.05) is 26.0 Å². The van der Waals surface area contributed by atoms with Crippen molar-refractivity contribution < 1.29 is 27.6 Å². The van der Waals surface area contributed by atoms with Gasteiger partial charge in [-0.3, -0.25) is 14.4 Å². The number of likely N-dealkylation sites (tertiary alicyclic amines) is 2. The summed E-state index contributed by atoms with van der Waals surface area (Å²) in [5, 5.41) is 2.65. The summed E-state index contributed by atoms with van der Waals surface area (Å²) >= 11 is 0. The van der Waals surface area contributed by atoms with Crippen LogP contribution in [0.2, 0.25) is 0 Å². The maximum atomic E-state index is 13.1. The maximum Gasteiger partial charge on any atom is 0.406 e.